The number of nitrogens with zero attached hydrogens (tertiary/aromatic N) is 2. The van der Waals surface area contributed by atoms with Crippen molar-refractivity contribution >= 4 is 17.6 Å². The van der Waals surface area contributed by atoms with Gasteiger partial charge >= 0.3 is 12.1 Å². The Hall–Kier alpha value is -1.24. The number of carboxylic acids is 1. The van der Waals surface area contributed by atoms with E-state index < -0.39 is 28.9 Å². The molecule has 0 spiro atoms. The van der Waals surface area contributed by atoms with E-state index in [1.807, 2.05) is 0 Å². The number of carboxylic acid groups (broad SMARTS) is 1. The lowest BCUT2D eigenvalue weighted by Gasteiger charge is -2.12. The minimum Gasteiger partial charge on any atom is -0.480 e. The van der Waals surface area contributed by atoms with Crippen LogP contribution in [0.25, 0.3) is 0 Å². The number of hydrogen-bond acceptors (Lipinski definition) is 2. The summed E-state index contributed by atoms with van der Waals surface area (Å²) in [6.45, 7) is 2.84. The predicted molar refractivity (Wildman–Crippen MR) is 53.9 cm³/mol. The summed E-state index contributed by atoms with van der Waals surface area (Å²) >= 11 is 5.51. The molecule has 17 heavy (non-hydrogen) atoms. The molecular weight excluding hydrogens is 261 g/mol. The van der Waals surface area contributed by atoms with Crippen molar-refractivity contribution in [3.63, 3.8) is 0 Å². The molecule has 0 bridgehead atoms. The summed E-state index contributed by atoms with van der Waals surface area (Å²) in [5.41, 5.74) is -1.26. The lowest BCUT2D eigenvalue weighted by atomic mass is 10.2. The molecule has 1 heterocycles. The second kappa shape index (κ2) is 4.56. The monoisotopic (exact) mass is 270 g/mol. The maximum absolute atomic E-state index is 12.5. The zero-order chi connectivity index (χ0) is 13.4. The molecule has 0 aliphatic carbocycles. The Morgan fingerprint density at radius 3 is 2.41 bits per heavy atom. The van der Waals surface area contributed by atoms with E-state index in [2.05, 4.69) is 5.10 Å². The van der Waals surface area contributed by atoms with Gasteiger partial charge in [0, 0.05) is 0 Å². The minimum atomic E-state index is -4.69. The van der Waals surface area contributed by atoms with Crippen LogP contribution < -0.4 is 0 Å². The van der Waals surface area contributed by atoms with Crippen LogP contribution in [0.1, 0.15) is 30.8 Å². The van der Waals surface area contributed by atoms with Gasteiger partial charge in [-0.1, -0.05) is 18.5 Å². The molecule has 0 saturated heterocycles. The molecule has 0 fully saturated rings. The summed E-state index contributed by atoms with van der Waals surface area (Å²) in [5.74, 6) is -1.25. The van der Waals surface area contributed by atoms with E-state index in [4.69, 9.17) is 16.7 Å². The predicted octanol–water partition coefficient (Wildman–Crippen LogP) is 2.90. The molecule has 0 saturated carbocycles. The standard InChI is InChI=1S/C9H10ClF3N2O2/c1-3-5(8(16)17)15-4(2)6(10)7(14-15)9(11,12)13/h5H,3H2,1-2H3,(H,16,17)/t5-/m0/s1. The van der Waals surface area contributed by atoms with Crippen molar-refractivity contribution in [2.24, 2.45) is 0 Å². The van der Waals surface area contributed by atoms with Crippen LogP contribution in [-0.2, 0) is 11.0 Å². The molecule has 1 aromatic rings. The van der Waals surface area contributed by atoms with Crippen LogP contribution in [0.4, 0.5) is 13.2 Å². The first kappa shape index (κ1) is 13.8. The van der Waals surface area contributed by atoms with E-state index in [9.17, 15) is 18.0 Å². The maximum Gasteiger partial charge on any atom is 0.436 e. The van der Waals surface area contributed by atoms with Gasteiger partial charge in [0.15, 0.2) is 5.69 Å². The molecule has 1 rings (SSSR count). The van der Waals surface area contributed by atoms with E-state index in [0.717, 1.165) is 4.68 Å². The van der Waals surface area contributed by atoms with Crippen LogP contribution >= 0.6 is 11.6 Å². The first-order chi connectivity index (χ1) is 7.70. The van der Waals surface area contributed by atoms with Gasteiger partial charge in [0.25, 0.3) is 0 Å². The van der Waals surface area contributed by atoms with Crippen molar-refractivity contribution in [1.29, 1.82) is 0 Å². The Balaban J connectivity index is 3.33. The van der Waals surface area contributed by atoms with Crippen molar-refractivity contribution in [3.05, 3.63) is 16.4 Å². The molecule has 0 aliphatic heterocycles. The lowest BCUT2D eigenvalue weighted by Crippen LogP contribution is -2.21. The fraction of sp³-hybridized carbons (Fsp3) is 0.556. The summed E-state index contributed by atoms with van der Waals surface area (Å²) in [4.78, 5) is 10.9. The van der Waals surface area contributed by atoms with E-state index in [1.54, 1.807) is 6.92 Å². The van der Waals surface area contributed by atoms with Crippen molar-refractivity contribution in [2.75, 3.05) is 0 Å². The molecule has 96 valence electrons. The quantitative estimate of drug-likeness (QED) is 0.919. The molecule has 0 radical (unpaired) electrons. The van der Waals surface area contributed by atoms with Gasteiger partial charge in [0.1, 0.15) is 6.04 Å². The number of aliphatic carboxylic acids is 1. The molecule has 0 aliphatic rings. The van der Waals surface area contributed by atoms with Gasteiger partial charge < -0.3 is 5.11 Å². The van der Waals surface area contributed by atoms with E-state index in [-0.39, 0.29) is 12.1 Å². The van der Waals surface area contributed by atoms with Gasteiger partial charge in [0.2, 0.25) is 0 Å². The highest BCUT2D eigenvalue weighted by molar-refractivity contribution is 6.32. The summed E-state index contributed by atoms with van der Waals surface area (Å²) in [7, 11) is 0. The van der Waals surface area contributed by atoms with Crippen LogP contribution in [0.3, 0.4) is 0 Å². The van der Waals surface area contributed by atoms with Crippen molar-refractivity contribution in [3.8, 4) is 0 Å². The van der Waals surface area contributed by atoms with Crippen LogP contribution in [0.2, 0.25) is 5.02 Å². The van der Waals surface area contributed by atoms with Crippen LogP contribution in [-0.4, -0.2) is 20.9 Å². The highest BCUT2D eigenvalue weighted by Crippen LogP contribution is 2.36. The van der Waals surface area contributed by atoms with Crippen LogP contribution in [0.5, 0.6) is 0 Å². The molecule has 4 nitrogen and oxygen atoms in total. The summed E-state index contributed by atoms with van der Waals surface area (Å²) in [5, 5.41) is 11.6. The first-order valence-electron chi connectivity index (χ1n) is 4.74. The first-order valence-corrected chi connectivity index (χ1v) is 5.12. The molecule has 0 aromatic carbocycles. The number of halogens is 4. The molecule has 1 atom stereocenters. The Bertz CT molecular complexity index is 442. The number of aromatic nitrogens is 2. The minimum absolute atomic E-state index is 0.00626. The topological polar surface area (TPSA) is 55.1 Å². The second-order valence-electron chi connectivity index (χ2n) is 3.45. The van der Waals surface area contributed by atoms with Gasteiger partial charge in [-0.3, -0.25) is 4.68 Å². The third-order valence-corrected chi connectivity index (χ3v) is 2.76. The van der Waals surface area contributed by atoms with Crippen LogP contribution in [0.15, 0.2) is 0 Å². The Kier molecular flexibility index (Phi) is 3.71. The van der Waals surface area contributed by atoms with Gasteiger partial charge in [-0.25, -0.2) is 4.79 Å². The zero-order valence-corrected chi connectivity index (χ0v) is 9.80. The molecule has 1 N–H and O–H groups in total. The fourth-order valence-corrected chi connectivity index (χ4v) is 1.67. The molecular formula is C9H10ClF3N2O2. The van der Waals surface area contributed by atoms with Gasteiger partial charge in [0.05, 0.1) is 10.7 Å². The highest BCUT2D eigenvalue weighted by atomic mass is 35.5. The maximum atomic E-state index is 12.5. The lowest BCUT2D eigenvalue weighted by molar-refractivity contribution is -0.144. The van der Waals surface area contributed by atoms with Crippen molar-refractivity contribution < 1.29 is 23.1 Å². The van der Waals surface area contributed by atoms with E-state index in [0.29, 0.717) is 0 Å². The zero-order valence-electron chi connectivity index (χ0n) is 9.05. The number of carbonyl (C=O) groups is 1. The SMILES string of the molecule is CC[C@@H](C(=O)O)n1nc(C(F)(F)F)c(Cl)c1C. The van der Waals surface area contributed by atoms with Gasteiger partial charge in [-0.2, -0.15) is 18.3 Å². The van der Waals surface area contributed by atoms with E-state index in [1.165, 1.54) is 6.92 Å². The summed E-state index contributed by atoms with van der Waals surface area (Å²) < 4.78 is 38.3. The molecule has 8 heteroatoms. The third-order valence-electron chi connectivity index (χ3n) is 2.31. The third kappa shape index (κ3) is 2.54. The molecule has 0 unspecified atom stereocenters. The van der Waals surface area contributed by atoms with Crippen LogP contribution in [0, 0.1) is 6.92 Å². The second-order valence-corrected chi connectivity index (χ2v) is 3.83. The smallest absolute Gasteiger partial charge is 0.436 e. The summed E-state index contributed by atoms with van der Waals surface area (Å²) in [6, 6.07) is -1.15. The Morgan fingerprint density at radius 2 is 2.12 bits per heavy atom. The Morgan fingerprint density at radius 1 is 1.59 bits per heavy atom. The average Bonchev–Trinajstić information content (AvgIpc) is 2.46. The fourth-order valence-electron chi connectivity index (χ4n) is 1.44. The number of hydrogen-bond donors (Lipinski definition) is 1. The summed E-state index contributed by atoms with van der Waals surface area (Å²) in [6.07, 6.45) is -4.57. The van der Waals surface area contributed by atoms with Crippen molar-refractivity contribution in [1.82, 2.24) is 9.78 Å². The van der Waals surface area contributed by atoms with E-state index >= 15 is 0 Å². The number of alkyl halides is 3. The van der Waals surface area contributed by atoms with Gasteiger partial charge in [-0.05, 0) is 13.3 Å². The molecule has 1 aromatic heterocycles. The molecule has 0 amide bonds. The van der Waals surface area contributed by atoms with Crippen molar-refractivity contribution in [2.45, 2.75) is 32.5 Å². The highest BCUT2D eigenvalue weighted by Gasteiger charge is 2.39. The number of rotatable bonds is 3. The average molecular weight is 271 g/mol. The van der Waals surface area contributed by atoms with Gasteiger partial charge in [-0.15, -0.1) is 0 Å². The normalized spacial score (nSPS) is 13.8. The largest absolute Gasteiger partial charge is 0.480 e. The Labute approximate surface area is 100.0 Å².